The Balaban J connectivity index is 2.00. The molecule has 3 unspecified atom stereocenters. The van der Waals surface area contributed by atoms with E-state index in [9.17, 15) is 4.79 Å². The molecule has 0 saturated heterocycles. The van der Waals surface area contributed by atoms with E-state index in [2.05, 4.69) is 32.9 Å². The first kappa shape index (κ1) is 13.6. The standard InChI is InChI=1S/C15H26N2O/c1-4-17(10-15(2,3)9-16)14(18)13-8-11-5-6-12(13)7-11/h5-6,11-13H,4,7-10,16H2,1-3H3. The number of fused-ring (bicyclic) bond motifs is 2. The molecule has 0 aromatic rings. The minimum atomic E-state index is 0.0130. The second-order valence-corrected chi connectivity index (χ2v) is 6.61. The molecule has 3 heteroatoms. The number of hydrogen-bond donors (Lipinski definition) is 1. The van der Waals surface area contributed by atoms with Crippen LogP contribution in [0.3, 0.4) is 0 Å². The summed E-state index contributed by atoms with van der Waals surface area (Å²) in [5.41, 5.74) is 5.79. The fourth-order valence-electron chi connectivity index (χ4n) is 3.23. The van der Waals surface area contributed by atoms with Crippen LogP contribution in [0, 0.1) is 23.2 Å². The summed E-state index contributed by atoms with van der Waals surface area (Å²) in [6.07, 6.45) is 6.78. The van der Waals surface area contributed by atoms with Gasteiger partial charge in [-0.3, -0.25) is 4.79 Å². The van der Waals surface area contributed by atoms with Crippen molar-refractivity contribution >= 4 is 5.91 Å². The van der Waals surface area contributed by atoms with E-state index in [0.29, 0.717) is 24.3 Å². The maximum Gasteiger partial charge on any atom is 0.226 e. The second-order valence-electron chi connectivity index (χ2n) is 6.61. The molecule has 0 radical (unpaired) electrons. The third-order valence-corrected chi connectivity index (χ3v) is 4.46. The van der Waals surface area contributed by atoms with Crippen molar-refractivity contribution in [2.24, 2.45) is 28.9 Å². The Morgan fingerprint density at radius 3 is 2.56 bits per heavy atom. The maximum atomic E-state index is 12.6. The number of nitrogens with two attached hydrogens (primary N) is 1. The van der Waals surface area contributed by atoms with Crippen LogP contribution in [0.25, 0.3) is 0 Å². The van der Waals surface area contributed by atoms with Crippen LogP contribution in [-0.4, -0.2) is 30.4 Å². The first-order valence-electron chi connectivity index (χ1n) is 7.14. The zero-order chi connectivity index (χ0) is 13.3. The van der Waals surface area contributed by atoms with Crippen LogP contribution in [0.2, 0.25) is 0 Å². The van der Waals surface area contributed by atoms with Crippen molar-refractivity contribution in [1.82, 2.24) is 4.90 Å². The van der Waals surface area contributed by atoms with Gasteiger partial charge in [-0.05, 0) is 43.6 Å². The zero-order valence-corrected chi connectivity index (χ0v) is 11.9. The molecule has 0 aromatic carbocycles. The van der Waals surface area contributed by atoms with Crippen LogP contribution in [0.1, 0.15) is 33.6 Å². The molecule has 2 aliphatic carbocycles. The molecule has 0 heterocycles. The summed E-state index contributed by atoms with van der Waals surface area (Å²) < 4.78 is 0. The van der Waals surface area contributed by atoms with Crippen molar-refractivity contribution in [3.8, 4) is 0 Å². The van der Waals surface area contributed by atoms with E-state index in [1.54, 1.807) is 0 Å². The van der Waals surface area contributed by atoms with Gasteiger partial charge in [-0.15, -0.1) is 0 Å². The molecule has 3 atom stereocenters. The van der Waals surface area contributed by atoms with Gasteiger partial charge >= 0.3 is 0 Å². The van der Waals surface area contributed by atoms with E-state index in [0.717, 1.165) is 19.5 Å². The van der Waals surface area contributed by atoms with Gasteiger partial charge in [0.25, 0.3) is 0 Å². The summed E-state index contributed by atoms with van der Waals surface area (Å²) in [7, 11) is 0. The van der Waals surface area contributed by atoms with Gasteiger partial charge in [-0.1, -0.05) is 26.0 Å². The minimum Gasteiger partial charge on any atom is -0.342 e. The number of rotatable bonds is 5. The SMILES string of the molecule is CCN(CC(C)(C)CN)C(=O)C1CC2C=CC1C2. The Morgan fingerprint density at radius 2 is 2.11 bits per heavy atom. The Labute approximate surface area is 110 Å². The maximum absolute atomic E-state index is 12.6. The Hall–Kier alpha value is -0.830. The quantitative estimate of drug-likeness (QED) is 0.759. The van der Waals surface area contributed by atoms with Crippen LogP contribution in [0.15, 0.2) is 12.2 Å². The summed E-state index contributed by atoms with van der Waals surface area (Å²) >= 11 is 0. The van der Waals surface area contributed by atoms with E-state index in [1.807, 2.05) is 4.90 Å². The molecule has 1 amide bonds. The average Bonchev–Trinajstić information content (AvgIpc) is 2.97. The highest BCUT2D eigenvalue weighted by Crippen LogP contribution is 2.44. The zero-order valence-electron chi connectivity index (χ0n) is 11.9. The highest BCUT2D eigenvalue weighted by molar-refractivity contribution is 5.80. The monoisotopic (exact) mass is 250 g/mol. The smallest absolute Gasteiger partial charge is 0.226 e. The van der Waals surface area contributed by atoms with Crippen molar-refractivity contribution in [3.05, 3.63) is 12.2 Å². The Morgan fingerprint density at radius 1 is 1.39 bits per heavy atom. The van der Waals surface area contributed by atoms with Gasteiger partial charge in [0.15, 0.2) is 0 Å². The summed E-state index contributed by atoms with van der Waals surface area (Å²) in [5.74, 6) is 1.73. The lowest BCUT2D eigenvalue weighted by atomic mass is 9.89. The number of amides is 1. The number of nitrogens with zero attached hydrogens (tertiary/aromatic N) is 1. The molecule has 1 saturated carbocycles. The summed E-state index contributed by atoms with van der Waals surface area (Å²) in [6, 6.07) is 0. The second kappa shape index (κ2) is 5.04. The first-order chi connectivity index (χ1) is 8.46. The molecule has 2 aliphatic rings. The highest BCUT2D eigenvalue weighted by atomic mass is 16.2. The van der Waals surface area contributed by atoms with Crippen molar-refractivity contribution in [2.75, 3.05) is 19.6 Å². The molecule has 2 rings (SSSR count). The number of allylic oxidation sites excluding steroid dienone is 2. The molecule has 2 bridgehead atoms. The summed E-state index contributed by atoms with van der Waals surface area (Å²) in [6.45, 7) is 8.50. The molecule has 2 N–H and O–H groups in total. The normalized spacial score (nSPS) is 29.9. The fraction of sp³-hybridized carbons (Fsp3) is 0.800. The largest absolute Gasteiger partial charge is 0.342 e. The molecule has 0 aromatic heterocycles. The van der Waals surface area contributed by atoms with Crippen LogP contribution in [-0.2, 0) is 4.79 Å². The lowest BCUT2D eigenvalue weighted by molar-refractivity contribution is -0.137. The highest BCUT2D eigenvalue weighted by Gasteiger charge is 2.41. The van der Waals surface area contributed by atoms with Crippen LogP contribution >= 0.6 is 0 Å². The van der Waals surface area contributed by atoms with Gasteiger partial charge in [0.1, 0.15) is 0 Å². The molecule has 0 aliphatic heterocycles. The fourth-order valence-corrected chi connectivity index (χ4v) is 3.23. The topological polar surface area (TPSA) is 46.3 Å². The molecule has 102 valence electrons. The van der Waals surface area contributed by atoms with Crippen molar-refractivity contribution < 1.29 is 4.79 Å². The van der Waals surface area contributed by atoms with Gasteiger partial charge in [-0.25, -0.2) is 0 Å². The number of carbonyl (C=O) groups excluding carboxylic acids is 1. The predicted molar refractivity (Wildman–Crippen MR) is 73.9 cm³/mol. The van der Waals surface area contributed by atoms with Crippen molar-refractivity contribution in [3.63, 3.8) is 0 Å². The molecule has 1 fully saturated rings. The van der Waals surface area contributed by atoms with Crippen molar-refractivity contribution in [1.29, 1.82) is 0 Å². The molecule has 18 heavy (non-hydrogen) atoms. The summed E-state index contributed by atoms with van der Waals surface area (Å²) in [5, 5.41) is 0. The molecular weight excluding hydrogens is 224 g/mol. The third-order valence-electron chi connectivity index (χ3n) is 4.46. The van der Waals surface area contributed by atoms with Gasteiger partial charge in [0.2, 0.25) is 5.91 Å². The molecular formula is C15H26N2O. The van der Waals surface area contributed by atoms with Crippen LogP contribution in [0.5, 0.6) is 0 Å². The minimum absolute atomic E-state index is 0.0130. The van der Waals surface area contributed by atoms with Gasteiger partial charge in [-0.2, -0.15) is 0 Å². The van der Waals surface area contributed by atoms with E-state index >= 15 is 0 Å². The third kappa shape index (κ3) is 2.61. The van der Waals surface area contributed by atoms with Gasteiger partial charge in [0, 0.05) is 19.0 Å². The average molecular weight is 250 g/mol. The van der Waals surface area contributed by atoms with E-state index < -0.39 is 0 Å². The lowest BCUT2D eigenvalue weighted by Crippen LogP contribution is -2.45. The Bertz CT molecular complexity index is 348. The van der Waals surface area contributed by atoms with E-state index in [-0.39, 0.29) is 11.3 Å². The molecule has 0 spiro atoms. The van der Waals surface area contributed by atoms with E-state index in [4.69, 9.17) is 5.73 Å². The number of carbonyl (C=O) groups is 1. The first-order valence-corrected chi connectivity index (χ1v) is 7.14. The lowest BCUT2D eigenvalue weighted by Gasteiger charge is -2.34. The van der Waals surface area contributed by atoms with Gasteiger partial charge in [0.05, 0.1) is 0 Å². The van der Waals surface area contributed by atoms with Crippen molar-refractivity contribution in [2.45, 2.75) is 33.6 Å². The van der Waals surface area contributed by atoms with Gasteiger partial charge < -0.3 is 10.6 Å². The van der Waals surface area contributed by atoms with E-state index in [1.165, 1.54) is 6.42 Å². The summed E-state index contributed by atoms with van der Waals surface area (Å²) in [4.78, 5) is 14.6. The number of hydrogen-bond acceptors (Lipinski definition) is 2. The molecule has 3 nitrogen and oxygen atoms in total. The Kier molecular flexibility index (Phi) is 3.81. The van der Waals surface area contributed by atoms with Crippen LogP contribution in [0.4, 0.5) is 0 Å². The van der Waals surface area contributed by atoms with Crippen LogP contribution < -0.4 is 5.73 Å². The predicted octanol–water partition coefficient (Wildman–Crippen LogP) is 2.03.